The van der Waals surface area contributed by atoms with Crippen LogP contribution in [0.3, 0.4) is 0 Å². The maximum absolute atomic E-state index is 12.3. The third-order valence-electron chi connectivity index (χ3n) is 4.76. The molecule has 0 aromatic heterocycles. The molecule has 3 fully saturated rings. The van der Waals surface area contributed by atoms with E-state index in [0.717, 1.165) is 31.8 Å². The number of carbonyl (C=O) groups excluding carboxylic acids is 1. The van der Waals surface area contributed by atoms with Crippen molar-refractivity contribution in [2.75, 3.05) is 31.9 Å². The second-order valence-corrected chi connectivity index (χ2v) is 6.32. The largest absolute Gasteiger partial charge is 0.340 e. The van der Waals surface area contributed by atoms with E-state index in [-0.39, 0.29) is 5.41 Å². The Kier molecular flexibility index (Phi) is 3.11. The van der Waals surface area contributed by atoms with Crippen LogP contribution in [0.4, 0.5) is 0 Å². The molecule has 1 aliphatic carbocycles. The number of thiol groups is 1. The van der Waals surface area contributed by atoms with Gasteiger partial charge in [-0.1, -0.05) is 0 Å². The summed E-state index contributed by atoms with van der Waals surface area (Å²) in [6.45, 7) is 4.25. The van der Waals surface area contributed by atoms with Gasteiger partial charge in [0.2, 0.25) is 5.91 Å². The van der Waals surface area contributed by atoms with Crippen molar-refractivity contribution in [3.63, 3.8) is 0 Å². The summed E-state index contributed by atoms with van der Waals surface area (Å²) in [7, 11) is 0. The van der Waals surface area contributed by atoms with E-state index in [9.17, 15) is 4.79 Å². The van der Waals surface area contributed by atoms with Crippen molar-refractivity contribution in [3.05, 3.63) is 0 Å². The van der Waals surface area contributed by atoms with Crippen LogP contribution in [0.1, 0.15) is 32.1 Å². The number of nitrogens with zero attached hydrogens (tertiary/aromatic N) is 2. The summed E-state index contributed by atoms with van der Waals surface area (Å²) in [6.07, 6.45) is 5.73. The van der Waals surface area contributed by atoms with Crippen LogP contribution >= 0.6 is 12.6 Å². The Labute approximate surface area is 109 Å². The minimum Gasteiger partial charge on any atom is -0.340 e. The molecular formula is C13H22N2OS. The molecule has 0 bridgehead atoms. The summed E-state index contributed by atoms with van der Waals surface area (Å²) >= 11 is 4.38. The molecule has 2 heterocycles. The van der Waals surface area contributed by atoms with Crippen molar-refractivity contribution in [1.82, 2.24) is 9.80 Å². The van der Waals surface area contributed by atoms with Gasteiger partial charge in [-0.3, -0.25) is 9.69 Å². The van der Waals surface area contributed by atoms with Crippen LogP contribution in [0.5, 0.6) is 0 Å². The molecule has 4 heteroatoms. The zero-order chi connectivity index (χ0) is 11.9. The van der Waals surface area contributed by atoms with Crippen molar-refractivity contribution in [3.8, 4) is 0 Å². The highest BCUT2D eigenvalue weighted by atomic mass is 32.1. The summed E-state index contributed by atoms with van der Waals surface area (Å²) in [5, 5.41) is 0. The first-order chi connectivity index (χ1) is 8.22. The standard InChI is InChI=1S/C13H22N2OS/c16-12(8-13(10-17)3-4-13)15-7-6-14-5-1-2-11(14)9-15/h11,17H,1-10H2. The fourth-order valence-electron chi connectivity index (χ4n) is 3.22. The van der Waals surface area contributed by atoms with Gasteiger partial charge in [-0.2, -0.15) is 12.6 Å². The van der Waals surface area contributed by atoms with Crippen molar-refractivity contribution in [2.24, 2.45) is 5.41 Å². The van der Waals surface area contributed by atoms with Gasteiger partial charge in [0, 0.05) is 32.1 Å². The smallest absolute Gasteiger partial charge is 0.223 e. The maximum Gasteiger partial charge on any atom is 0.223 e. The SMILES string of the molecule is O=C(CC1(CS)CC1)N1CCN2CCCC2C1. The lowest BCUT2D eigenvalue weighted by Crippen LogP contribution is -2.52. The molecule has 0 aromatic carbocycles. The van der Waals surface area contributed by atoms with Crippen molar-refractivity contribution >= 4 is 18.5 Å². The van der Waals surface area contributed by atoms with Crippen LogP contribution in [0, 0.1) is 5.41 Å². The van der Waals surface area contributed by atoms with E-state index in [4.69, 9.17) is 0 Å². The number of carbonyl (C=O) groups is 1. The van der Waals surface area contributed by atoms with Crippen molar-refractivity contribution in [2.45, 2.75) is 38.1 Å². The molecule has 1 amide bonds. The van der Waals surface area contributed by atoms with Gasteiger partial charge < -0.3 is 4.90 Å². The molecule has 17 heavy (non-hydrogen) atoms. The number of fused-ring (bicyclic) bond motifs is 1. The van der Waals surface area contributed by atoms with Gasteiger partial charge >= 0.3 is 0 Å². The molecule has 3 aliphatic rings. The zero-order valence-corrected chi connectivity index (χ0v) is 11.3. The fraction of sp³-hybridized carbons (Fsp3) is 0.923. The Balaban J connectivity index is 1.56. The van der Waals surface area contributed by atoms with Crippen LogP contribution in [-0.2, 0) is 4.79 Å². The second kappa shape index (κ2) is 4.47. The third-order valence-corrected chi connectivity index (χ3v) is 5.43. The predicted molar refractivity (Wildman–Crippen MR) is 71.3 cm³/mol. The normalized spacial score (nSPS) is 31.4. The average Bonchev–Trinajstić information content (AvgIpc) is 2.96. The summed E-state index contributed by atoms with van der Waals surface area (Å²) in [4.78, 5) is 16.9. The monoisotopic (exact) mass is 254 g/mol. The first kappa shape index (κ1) is 11.8. The summed E-state index contributed by atoms with van der Waals surface area (Å²) in [6, 6.07) is 0.652. The molecule has 0 aromatic rings. The topological polar surface area (TPSA) is 23.6 Å². The van der Waals surface area contributed by atoms with Crippen LogP contribution in [0.25, 0.3) is 0 Å². The van der Waals surface area contributed by atoms with Crippen LogP contribution in [0.15, 0.2) is 0 Å². The van der Waals surface area contributed by atoms with Gasteiger partial charge in [0.1, 0.15) is 0 Å². The van der Waals surface area contributed by atoms with Gasteiger partial charge in [0.05, 0.1) is 0 Å². The van der Waals surface area contributed by atoms with Crippen LogP contribution in [-0.4, -0.2) is 53.7 Å². The molecule has 2 aliphatic heterocycles. The molecule has 0 spiro atoms. The molecule has 1 saturated carbocycles. The van der Waals surface area contributed by atoms with E-state index < -0.39 is 0 Å². The Morgan fingerprint density at radius 2 is 2.12 bits per heavy atom. The van der Waals surface area contributed by atoms with Crippen molar-refractivity contribution in [1.29, 1.82) is 0 Å². The Morgan fingerprint density at radius 3 is 2.82 bits per heavy atom. The molecule has 96 valence electrons. The van der Waals surface area contributed by atoms with E-state index >= 15 is 0 Å². The molecule has 1 unspecified atom stereocenters. The number of amides is 1. The number of rotatable bonds is 3. The summed E-state index contributed by atoms with van der Waals surface area (Å²) < 4.78 is 0. The molecule has 0 radical (unpaired) electrons. The van der Waals surface area contributed by atoms with Gasteiger partial charge in [0.25, 0.3) is 0 Å². The molecular weight excluding hydrogens is 232 g/mol. The number of piperazine rings is 1. The van der Waals surface area contributed by atoms with E-state index in [0.29, 0.717) is 11.9 Å². The van der Waals surface area contributed by atoms with Gasteiger partial charge in [-0.25, -0.2) is 0 Å². The Hall–Kier alpha value is -0.220. The lowest BCUT2D eigenvalue weighted by molar-refractivity contribution is -0.134. The van der Waals surface area contributed by atoms with Gasteiger partial charge in [-0.05, 0) is 43.4 Å². The number of hydrogen-bond acceptors (Lipinski definition) is 3. The first-order valence-electron chi connectivity index (χ1n) is 6.85. The van der Waals surface area contributed by atoms with Crippen molar-refractivity contribution < 1.29 is 4.79 Å². The zero-order valence-electron chi connectivity index (χ0n) is 10.4. The highest BCUT2D eigenvalue weighted by Gasteiger charge is 2.44. The van der Waals surface area contributed by atoms with Crippen LogP contribution in [0.2, 0.25) is 0 Å². The summed E-state index contributed by atoms with van der Waals surface area (Å²) in [5.74, 6) is 1.25. The van der Waals surface area contributed by atoms with E-state index in [1.54, 1.807) is 0 Å². The molecule has 1 atom stereocenters. The first-order valence-corrected chi connectivity index (χ1v) is 7.48. The molecule has 3 rings (SSSR count). The highest BCUT2D eigenvalue weighted by Crippen LogP contribution is 2.49. The molecule has 2 saturated heterocycles. The van der Waals surface area contributed by atoms with Gasteiger partial charge in [0.15, 0.2) is 0 Å². The maximum atomic E-state index is 12.3. The lowest BCUT2D eigenvalue weighted by atomic mass is 10.0. The molecule has 3 nitrogen and oxygen atoms in total. The minimum atomic E-state index is 0.271. The average molecular weight is 254 g/mol. The number of hydrogen-bond donors (Lipinski definition) is 1. The summed E-state index contributed by atoms with van der Waals surface area (Å²) in [5.41, 5.74) is 0.271. The van der Waals surface area contributed by atoms with E-state index in [1.807, 2.05) is 0 Å². The van der Waals surface area contributed by atoms with Gasteiger partial charge in [-0.15, -0.1) is 0 Å². The quantitative estimate of drug-likeness (QED) is 0.770. The fourth-order valence-corrected chi connectivity index (χ4v) is 3.65. The Morgan fingerprint density at radius 1 is 1.29 bits per heavy atom. The van der Waals surface area contributed by atoms with Crippen LogP contribution < -0.4 is 0 Å². The highest BCUT2D eigenvalue weighted by molar-refractivity contribution is 7.80. The van der Waals surface area contributed by atoms with E-state index in [2.05, 4.69) is 22.4 Å². The molecule has 0 N–H and O–H groups in total. The predicted octanol–water partition coefficient (Wildman–Crippen LogP) is 1.39. The Bertz CT molecular complexity index is 317. The third kappa shape index (κ3) is 2.34. The lowest BCUT2D eigenvalue weighted by Gasteiger charge is -2.38. The minimum absolute atomic E-state index is 0.271. The second-order valence-electron chi connectivity index (χ2n) is 6.01. The van der Waals surface area contributed by atoms with E-state index in [1.165, 1.54) is 32.2 Å².